The van der Waals surface area contributed by atoms with E-state index in [1.54, 1.807) is 24.3 Å². The van der Waals surface area contributed by atoms with Crippen molar-refractivity contribution in [3.8, 4) is 0 Å². The van der Waals surface area contributed by atoms with Crippen LogP contribution in [-0.2, 0) is 17.0 Å². The van der Waals surface area contributed by atoms with Gasteiger partial charge in [0, 0.05) is 6.54 Å². The minimum atomic E-state index is -1.57. The number of carbonyl (C=O) groups is 2. The molecule has 2 aromatic rings. The number of carboxylic acids is 1. The van der Waals surface area contributed by atoms with E-state index in [-0.39, 0.29) is 24.7 Å². The number of amides is 1. The third-order valence-electron chi connectivity index (χ3n) is 4.32. The Labute approximate surface area is 138 Å². The molecule has 1 aliphatic heterocycles. The Balaban J connectivity index is 1.74. The highest BCUT2D eigenvalue weighted by Crippen LogP contribution is 2.35. The minimum absolute atomic E-state index is 0.0209. The van der Waals surface area contributed by atoms with Crippen LogP contribution in [0, 0.1) is 0 Å². The summed E-state index contributed by atoms with van der Waals surface area (Å²) >= 11 is 0. The van der Waals surface area contributed by atoms with E-state index in [2.05, 4.69) is 4.98 Å². The van der Waals surface area contributed by atoms with Gasteiger partial charge >= 0.3 is 5.97 Å². The van der Waals surface area contributed by atoms with Crippen LogP contribution in [-0.4, -0.2) is 44.5 Å². The van der Waals surface area contributed by atoms with Crippen LogP contribution in [0.25, 0.3) is 0 Å². The smallest absolute Gasteiger partial charge is 0.354 e. The number of alkyl halides is 1. The molecule has 1 amide bonds. The number of aromatic carboxylic acids is 1. The van der Waals surface area contributed by atoms with Crippen LogP contribution in [0.2, 0.25) is 0 Å². The molecule has 1 aromatic heterocycles. The third kappa shape index (κ3) is 3.15. The summed E-state index contributed by atoms with van der Waals surface area (Å²) in [7, 11) is 0. The van der Waals surface area contributed by atoms with E-state index >= 15 is 4.39 Å². The number of hydrogen-bond acceptors (Lipinski definition) is 3. The molecule has 2 heterocycles. The Kier molecular flexibility index (Phi) is 4.33. The largest absolute Gasteiger partial charge is 0.477 e. The first-order valence-electron chi connectivity index (χ1n) is 7.75. The van der Waals surface area contributed by atoms with Crippen molar-refractivity contribution in [3.63, 3.8) is 0 Å². The number of imidazole rings is 1. The maximum atomic E-state index is 15.3. The molecule has 6 nitrogen and oxygen atoms in total. The van der Waals surface area contributed by atoms with E-state index in [4.69, 9.17) is 5.11 Å². The fourth-order valence-electron chi connectivity index (χ4n) is 3.07. The summed E-state index contributed by atoms with van der Waals surface area (Å²) in [6.45, 7) is 0.286. The van der Waals surface area contributed by atoms with E-state index in [9.17, 15) is 9.59 Å². The van der Waals surface area contributed by atoms with Gasteiger partial charge in [0.25, 0.3) is 0 Å². The zero-order chi connectivity index (χ0) is 17.2. The lowest BCUT2D eigenvalue weighted by Gasteiger charge is -2.37. The summed E-state index contributed by atoms with van der Waals surface area (Å²) in [4.78, 5) is 28.8. The molecular formula is C17H18FN3O3. The average Bonchev–Trinajstić information content (AvgIpc) is 3.04. The van der Waals surface area contributed by atoms with Gasteiger partial charge in [0.2, 0.25) is 5.91 Å². The summed E-state index contributed by atoms with van der Waals surface area (Å²) in [6, 6.07) is 8.84. The number of carbonyl (C=O) groups excluding carboxylic acids is 1. The molecule has 1 saturated heterocycles. The van der Waals surface area contributed by atoms with Gasteiger partial charge in [-0.1, -0.05) is 30.3 Å². The van der Waals surface area contributed by atoms with Crippen molar-refractivity contribution < 1.29 is 19.1 Å². The van der Waals surface area contributed by atoms with Crippen molar-refractivity contribution in [2.75, 3.05) is 13.1 Å². The molecule has 0 aliphatic carbocycles. The van der Waals surface area contributed by atoms with E-state index < -0.39 is 11.6 Å². The number of halogens is 1. The maximum absolute atomic E-state index is 15.3. The van der Waals surface area contributed by atoms with Gasteiger partial charge in [0.15, 0.2) is 5.67 Å². The molecule has 0 saturated carbocycles. The lowest BCUT2D eigenvalue weighted by Crippen LogP contribution is -2.47. The number of benzene rings is 1. The van der Waals surface area contributed by atoms with E-state index in [1.165, 1.54) is 22.0 Å². The van der Waals surface area contributed by atoms with Crippen LogP contribution in [0.3, 0.4) is 0 Å². The van der Waals surface area contributed by atoms with Gasteiger partial charge in [-0.15, -0.1) is 0 Å². The Morgan fingerprint density at radius 1 is 1.29 bits per heavy atom. The van der Waals surface area contributed by atoms with Gasteiger partial charge < -0.3 is 14.6 Å². The molecule has 1 N–H and O–H groups in total. The highest BCUT2D eigenvalue weighted by Gasteiger charge is 2.38. The molecule has 7 heteroatoms. The monoisotopic (exact) mass is 331 g/mol. The molecule has 0 spiro atoms. The van der Waals surface area contributed by atoms with E-state index in [0.29, 0.717) is 24.9 Å². The molecule has 3 rings (SSSR count). The molecule has 1 atom stereocenters. The number of likely N-dealkylation sites (tertiary alicyclic amines) is 1. The van der Waals surface area contributed by atoms with Gasteiger partial charge in [-0.3, -0.25) is 4.79 Å². The van der Waals surface area contributed by atoms with Crippen LogP contribution in [0.4, 0.5) is 4.39 Å². The molecule has 24 heavy (non-hydrogen) atoms. The fourth-order valence-corrected chi connectivity index (χ4v) is 3.07. The molecule has 1 aromatic carbocycles. The number of aromatic nitrogens is 2. The van der Waals surface area contributed by atoms with Crippen LogP contribution >= 0.6 is 0 Å². The molecule has 1 aliphatic rings. The predicted octanol–water partition coefficient (Wildman–Crippen LogP) is 2.07. The van der Waals surface area contributed by atoms with Gasteiger partial charge in [-0.25, -0.2) is 14.2 Å². The maximum Gasteiger partial charge on any atom is 0.354 e. The summed E-state index contributed by atoms with van der Waals surface area (Å²) in [5.41, 5.74) is -1.06. The molecule has 0 bridgehead atoms. The second kappa shape index (κ2) is 6.43. The van der Waals surface area contributed by atoms with Crippen molar-refractivity contribution >= 4 is 11.9 Å². The van der Waals surface area contributed by atoms with Crippen molar-refractivity contribution in [2.45, 2.75) is 25.1 Å². The van der Waals surface area contributed by atoms with Crippen molar-refractivity contribution in [1.82, 2.24) is 14.5 Å². The third-order valence-corrected chi connectivity index (χ3v) is 4.32. The van der Waals surface area contributed by atoms with Crippen molar-refractivity contribution in [1.29, 1.82) is 0 Å². The Morgan fingerprint density at radius 2 is 2.04 bits per heavy atom. The minimum Gasteiger partial charge on any atom is -0.477 e. The number of hydrogen-bond donors (Lipinski definition) is 1. The van der Waals surface area contributed by atoms with Crippen LogP contribution in [0.5, 0.6) is 0 Å². The lowest BCUT2D eigenvalue weighted by atomic mass is 9.87. The quantitative estimate of drug-likeness (QED) is 0.930. The summed E-state index contributed by atoms with van der Waals surface area (Å²) in [5, 5.41) is 9.06. The molecule has 1 unspecified atom stereocenters. The number of rotatable bonds is 4. The first-order chi connectivity index (χ1) is 11.5. The van der Waals surface area contributed by atoms with Gasteiger partial charge in [-0.2, -0.15) is 0 Å². The van der Waals surface area contributed by atoms with Gasteiger partial charge in [-0.05, 0) is 18.4 Å². The number of nitrogens with zero attached hydrogens (tertiary/aromatic N) is 3. The Bertz CT molecular complexity index is 747. The number of carboxylic acid groups (broad SMARTS) is 1. The Hall–Kier alpha value is -2.70. The second-order valence-corrected chi connectivity index (χ2v) is 5.96. The standard InChI is InChI=1S/C17H18FN3O3/c18-17(13-5-2-1-3-6-13)7-4-8-20(11-17)15(22)10-21-12-19-9-14(21)16(23)24/h1-3,5-6,9,12H,4,7-8,10-11H2,(H,23,24). The zero-order valence-corrected chi connectivity index (χ0v) is 13.1. The van der Waals surface area contributed by atoms with Gasteiger partial charge in [0.05, 0.1) is 19.1 Å². The summed E-state index contributed by atoms with van der Waals surface area (Å²) in [6.07, 6.45) is 3.42. The topological polar surface area (TPSA) is 75.4 Å². The van der Waals surface area contributed by atoms with Crippen LogP contribution in [0.15, 0.2) is 42.9 Å². The van der Waals surface area contributed by atoms with E-state index in [0.717, 1.165) is 0 Å². The first kappa shape index (κ1) is 16.2. The lowest BCUT2D eigenvalue weighted by molar-refractivity contribution is -0.136. The SMILES string of the molecule is O=C(O)c1cncn1CC(=O)N1CCCC(F)(c2ccccc2)C1. The average molecular weight is 331 g/mol. The Morgan fingerprint density at radius 3 is 2.75 bits per heavy atom. The zero-order valence-electron chi connectivity index (χ0n) is 13.1. The normalized spacial score (nSPS) is 20.8. The number of piperidine rings is 1. The molecular weight excluding hydrogens is 313 g/mol. The van der Waals surface area contributed by atoms with Crippen molar-refractivity contribution in [2.24, 2.45) is 0 Å². The summed E-state index contributed by atoms with van der Waals surface area (Å²) < 4.78 is 16.6. The first-order valence-corrected chi connectivity index (χ1v) is 7.75. The molecule has 0 radical (unpaired) electrons. The van der Waals surface area contributed by atoms with E-state index in [1.807, 2.05) is 6.07 Å². The molecule has 1 fully saturated rings. The highest BCUT2D eigenvalue weighted by molar-refractivity contribution is 5.86. The van der Waals surface area contributed by atoms with Crippen LogP contribution < -0.4 is 0 Å². The van der Waals surface area contributed by atoms with Gasteiger partial charge in [0.1, 0.15) is 12.2 Å². The highest BCUT2D eigenvalue weighted by atomic mass is 19.1. The fraction of sp³-hybridized carbons (Fsp3) is 0.353. The molecule has 126 valence electrons. The van der Waals surface area contributed by atoms with Crippen LogP contribution in [0.1, 0.15) is 28.9 Å². The predicted molar refractivity (Wildman–Crippen MR) is 84.2 cm³/mol. The second-order valence-electron chi connectivity index (χ2n) is 5.96. The van der Waals surface area contributed by atoms with Crippen molar-refractivity contribution in [3.05, 3.63) is 54.1 Å². The summed E-state index contributed by atoms with van der Waals surface area (Å²) in [5.74, 6) is -1.46.